The molecule has 0 aliphatic carbocycles. The number of nitrogens with two attached hydrogens (primary N) is 1. The van der Waals surface area contributed by atoms with E-state index >= 15 is 0 Å². The van der Waals surface area contributed by atoms with Crippen molar-refractivity contribution in [3.63, 3.8) is 0 Å². The molecule has 29 heavy (non-hydrogen) atoms. The predicted molar refractivity (Wildman–Crippen MR) is 99.9 cm³/mol. The second-order valence-electron chi connectivity index (χ2n) is 6.54. The number of nitrogen functional groups attached to an aromatic ring is 1. The fourth-order valence-electron chi connectivity index (χ4n) is 3.22. The third kappa shape index (κ3) is 3.47. The molecule has 4 atom stereocenters. The van der Waals surface area contributed by atoms with Crippen LogP contribution in [0.1, 0.15) is 11.8 Å². The molecular weight excluding hydrogens is 385 g/mol. The SMILES string of the molecule is NNc1nc(NCc2ccccc2F)c2ncn([C@@H]3O[C@H](CO)[C@@H](O)[C@H]3O)c2n1. The number of ether oxygens (including phenoxy) is 1. The van der Waals surface area contributed by atoms with E-state index in [1.807, 2.05) is 0 Å². The molecule has 2 aromatic heterocycles. The van der Waals surface area contributed by atoms with E-state index in [9.17, 15) is 19.7 Å². The standard InChI is InChI=1S/C17H20FN7O4/c18-9-4-2-1-3-8(9)5-20-14-11-15(23-17(22-14)24-19)25(7-21-11)16-13(28)12(27)10(6-26)29-16/h1-4,7,10,12-13,16,26-28H,5-6,19H2,(H2,20,22,23,24)/t10-,12-,13-,16-/m1/s1. The molecule has 0 bridgehead atoms. The van der Waals surface area contributed by atoms with Gasteiger partial charge in [-0.05, 0) is 6.07 Å². The Balaban J connectivity index is 1.69. The lowest BCUT2D eigenvalue weighted by atomic mass is 10.1. The van der Waals surface area contributed by atoms with Gasteiger partial charge in [0.2, 0.25) is 5.95 Å². The Labute approximate surface area is 164 Å². The van der Waals surface area contributed by atoms with Gasteiger partial charge in [-0.2, -0.15) is 9.97 Å². The molecule has 0 amide bonds. The van der Waals surface area contributed by atoms with Crippen molar-refractivity contribution in [2.24, 2.45) is 5.84 Å². The van der Waals surface area contributed by atoms with Crippen molar-refractivity contribution in [3.05, 3.63) is 42.0 Å². The first-order valence-electron chi connectivity index (χ1n) is 8.84. The van der Waals surface area contributed by atoms with Gasteiger partial charge in [0.1, 0.15) is 24.1 Å². The van der Waals surface area contributed by atoms with E-state index in [-0.39, 0.29) is 29.8 Å². The van der Waals surface area contributed by atoms with Gasteiger partial charge in [-0.25, -0.2) is 15.2 Å². The molecule has 1 aromatic carbocycles. The topological polar surface area (TPSA) is 164 Å². The number of benzene rings is 1. The van der Waals surface area contributed by atoms with Gasteiger partial charge in [-0.15, -0.1) is 0 Å². The average Bonchev–Trinajstić information content (AvgIpc) is 3.28. The highest BCUT2D eigenvalue weighted by Gasteiger charge is 2.44. The quantitative estimate of drug-likeness (QED) is 0.232. The van der Waals surface area contributed by atoms with Gasteiger partial charge >= 0.3 is 0 Å². The first kappa shape index (κ1) is 19.4. The van der Waals surface area contributed by atoms with E-state index < -0.39 is 31.1 Å². The van der Waals surface area contributed by atoms with Gasteiger partial charge < -0.3 is 25.4 Å². The van der Waals surface area contributed by atoms with Crippen LogP contribution in [0.2, 0.25) is 0 Å². The lowest BCUT2D eigenvalue weighted by Crippen LogP contribution is -2.33. The molecule has 4 rings (SSSR count). The monoisotopic (exact) mass is 405 g/mol. The van der Waals surface area contributed by atoms with Crippen LogP contribution in [0.5, 0.6) is 0 Å². The summed E-state index contributed by atoms with van der Waals surface area (Å²) < 4.78 is 20.8. The molecule has 3 heterocycles. The number of aromatic nitrogens is 4. The molecule has 11 nitrogen and oxygen atoms in total. The lowest BCUT2D eigenvalue weighted by Gasteiger charge is -2.17. The Morgan fingerprint density at radius 1 is 1.21 bits per heavy atom. The number of nitrogens with zero attached hydrogens (tertiary/aromatic N) is 4. The van der Waals surface area contributed by atoms with Crippen molar-refractivity contribution in [1.82, 2.24) is 19.5 Å². The third-order valence-corrected chi connectivity index (χ3v) is 4.75. The Kier molecular flexibility index (Phi) is 5.25. The maximum atomic E-state index is 13.9. The Hall–Kier alpha value is -2.90. The number of imidazole rings is 1. The number of hydrazine groups is 1. The summed E-state index contributed by atoms with van der Waals surface area (Å²) in [5.41, 5.74) is 3.38. The summed E-state index contributed by atoms with van der Waals surface area (Å²) in [6.45, 7) is -0.315. The van der Waals surface area contributed by atoms with E-state index in [2.05, 4.69) is 25.7 Å². The minimum Gasteiger partial charge on any atom is -0.394 e. The van der Waals surface area contributed by atoms with Crippen LogP contribution in [-0.2, 0) is 11.3 Å². The fraction of sp³-hybridized carbons (Fsp3) is 0.353. The van der Waals surface area contributed by atoms with E-state index in [1.165, 1.54) is 17.0 Å². The number of nitrogens with one attached hydrogen (secondary N) is 2. The Morgan fingerprint density at radius 3 is 2.69 bits per heavy atom. The molecular formula is C17H20FN7O4. The van der Waals surface area contributed by atoms with Crippen LogP contribution in [0.4, 0.5) is 16.2 Å². The number of fused-ring (bicyclic) bond motifs is 1. The van der Waals surface area contributed by atoms with Crippen LogP contribution in [0, 0.1) is 5.82 Å². The zero-order valence-corrected chi connectivity index (χ0v) is 15.1. The Morgan fingerprint density at radius 2 is 2.00 bits per heavy atom. The van der Waals surface area contributed by atoms with Crippen LogP contribution < -0.4 is 16.6 Å². The van der Waals surface area contributed by atoms with Crippen molar-refractivity contribution >= 4 is 22.9 Å². The highest BCUT2D eigenvalue weighted by Crippen LogP contribution is 2.32. The molecule has 1 aliphatic heterocycles. The second kappa shape index (κ2) is 7.85. The first-order valence-corrected chi connectivity index (χ1v) is 8.84. The van der Waals surface area contributed by atoms with Gasteiger partial charge in [-0.3, -0.25) is 9.99 Å². The van der Waals surface area contributed by atoms with Gasteiger partial charge in [0, 0.05) is 12.1 Å². The third-order valence-electron chi connectivity index (χ3n) is 4.75. The van der Waals surface area contributed by atoms with Gasteiger partial charge in [0.25, 0.3) is 0 Å². The van der Waals surface area contributed by atoms with Crippen molar-refractivity contribution in [3.8, 4) is 0 Å². The summed E-state index contributed by atoms with van der Waals surface area (Å²) in [5, 5.41) is 32.6. The summed E-state index contributed by atoms with van der Waals surface area (Å²) in [6, 6.07) is 6.32. The van der Waals surface area contributed by atoms with Crippen LogP contribution in [-0.4, -0.2) is 59.8 Å². The van der Waals surface area contributed by atoms with Crippen molar-refractivity contribution in [1.29, 1.82) is 0 Å². The van der Waals surface area contributed by atoms with Crippen LogP contribution in [0.15, 0.2) is 30.6 Å². The molecule has 154 valence electrons. The summed E-state index contributed by atoms with van der Waals surface area (Å²) in [7, 11) is 0. The maximum absolute atomic E-state index is 13.9. The molecule has 0 saturated carbocycles. The molecule has 0 spiro atoms. The summed E-state index contributed by atoms with van der Waals surface area (Å²) in [5.74, 6) is 5.44. The number of rotatable bonds is 6. The normalized spacial score (nSPS) is 24.2. The molecule has 1 fully saturated rings. The molecule has 3 aromatic rings. The Bertz CT molecular complexity index is 1020. The molecule has 1 saturated heterocycles. The minimum absolute atomic E-state index is 0.0574. The highest BCUT2D eigenvalue weighted by molar-refractivity contribution is 5.84. The number of hydrogen-bond acceptors (Lipinski definition) is 10. The van der Waals surface area contributed by atoms with E-state index in [0.717, 1.165) is 0 Å². The highest BCUT2D eigenvalue weighted by atomic mass is 19.1. The zero-order valence-electron chi connectivity index (χ0n) is 15.1. The largest absolute Gasteiger partial charge is 0.394 e. The second-order valence-corrected chi connectivity index (χ2v) is 6.54. The zero-order chi connectivity index (χ0) is 20.5. The first-order chi connectivity index (χ1) is 14.0. The minimum atomic E-state index is -1.30. The predicted octanol–water partition coefficient (Wildman–Crippen LogP) is -0.525. The van der Waals surface area contributed by atoms with E-state index in [0.29, 0.717) is 11.1 Å². The number of hydrogen-bond donors (Lipinski definition) is 6. The number of anilines is 2. The summed E-state index contributed by atoms with van der Waals surface area (Å²) in [4.78, 5) is 12.7. The fourth-order valence-corrected chi connectivity index (χ4v) is 3.22. The van der Waals surface area contributed by atoms with Crippen LogP contribution >= 0.6 is 0 Å². The smallest absolute Gasteiger partial charge is 0.241 e. The molecule has 7 N–H and O–H groups in total. The lowest BCUT2D eigenvalue weighted by molar-refractivity contribution is -0.0511. The van der Waals surface area contributed by atoms with E-state index in [1.54, 1.807) is 18.2 Å². The average molecular weight is 405 g/mol. The van der Waals surface area contributed by atoms with Crippen molar-refractivity contribution in [2.75, 3.05) is 17.3 Å². The van der Waals surface area contributed by atoms with Gasteiger partial charge in [0.15, 0.2) is 23.2 Å². The van der Waals surface area contributed by atoms with Crippen LogP contribution in [0.3, 0.4) is 0 Å². The number of aliphatic hydroxyl groups is 3. The van der Waals surface area contributed by atoms with Crippen molar-refractivity contribution in [2.45, 2.75) is 31.1 Å². The molecule has 0 radical (unpaired) electrons. The molecule has 1 aliphatic rings. The number of halogens is 1. The molecule has 0 unspecified atom stereocenters. The number of aliphatic hydroxyl groups excluding tert-OH is 3. The molecule has 12 heteroatoms. The summed E-state index contributed by atoms with van der Waals surface area (Å²) >= 11 is 0. The van der Waals surface area contributed by atoms with Crippen LogP contribution in [0.25, 0.3) is 11.2 Å². The van der Waals surface area contributed by atoms with Gasteiger partial charge in [0.05, 0.1) is 12.9 Å². The summed E-state index contributed by atoms with van der Waals surface area (Å²) in [6.07, 6.45) is -3.17. The van der Waals surface area contributed by atoms with Gasteiger partial charge in [-0.1, -0.05) is 18.2 Å². The van der Waals surface area contributed by atoms with Crippen molar-refractivity contribution < 1.29 is 24.4 Å². The van der Waals surface area contributed by atoms with E-state index in [4.69, 9.17) is 10.6 Å². The maximum Gasteiger partial charge on any atom is 0.241 e.